The molecule has 0 aliphatic carbocycles. The summed E-state index contributed by atoms with van der Waals surface area (Å²) in [6, 6.07) is 9.19. The van der Waals surface area contributed by atoms with E-state index in [1.165, 1.54) is 18.2 Å². The summed E-state index contributed by atoms with van der Waals surface area (Å²) < 4.78 is 0. The molecule has 1 N–H and O–H groups in total. The lowest BCUT2D eigenvalue weighted by Gasteiger charge is -2.37. The first-order valence-corrected chi connectivity index (χ1v) is 10.1. The average molecular weight is 474 g/mol. The molecule has 1 aliphatic heterocycles. The summed E-state index contributed by atoms with van der Waals surface area (Å²) in [4.78, 5) is 27.0. The van der Waals surface area contributed by atoms with E-state index < -0.39 is 10.8 Å². The summed E-state index contributed by atoms with van der Waals surface area (Å²) in [5.74, 6) is -0.452. The number of carbonyl (C=O) groups is 1. The van der Waals surface area contributed by atoms with Gasteiger partial charge in [-0.3, -0.25) is 20.2 Å². The largest absolute Gasteiger partial charge is 0.361 e. The minimum absolute atomic E-state index is 0.0440. The van der Waals surface area contributed by atoms with E-state index in [0.717, 1.165) is 0 Å². The van der Waals surface area contributed by atoms with Crippen LogP contribution in [0.3, 0.4) is 0 Å². The fourth-order valence-corrected chi connectivity index (χ4v) is 3.95. The van der Waals surface area contributed by atoms with E-state index in [1.54, 1.807) is 18.2 Å². The van der Waals surface area contributed by atoms with Gasteiger partial charge in [-0.05, 0) is 36.5 Å². The van der Waals surface area contributed by atoms with Crippen molar-refractivity contribution in [1.82, 2.24) is 10.2 Å². The standard InChI is InChI=1S/C18H15Cl3N4O3S/c19-11-4-5-13(20)12(10-11)17(26)22-18(29)24-8-6-23(7-9-24)16-14(21)2-1-3-15(16)25(27)28/h1-5,10H,6-9H2,(H,22,26,29). The summed E-state index contributed by atoms with van der Waals surface area (Å²) in [5, 5.41) is 15.2. The van der Waals surface area contributed by atoms with E-state index in [0.29, 0.717) is 41.9 Å². The molecule has 1 aliphatic rings. The molecule has 1 heterocycles. The monoisotopic (exact) mass is 472 g/mol. The molecule has 29 heavy (non-hydrogen) atoms. The van der Waals surface area contributed by atoms with Crippen molar-refractivity contribution in [2.45, 2.75) is 0 Å². The van der Waals surface area contributed by atoms with Crippen LogP contribution in [0.4, 0.5) is 11.4 Å². The summed E-state index contributed by atoms with van der Waals surface area (Å²) in [6.07, 6.45) is 0. The molecule has 2 aromatic carbocycles. The van der Waals surface area contributed by atoms with E-state index in [2.05, 4.69) is 5.32 Å². The molecule has 0 unspecified atom stereocenters. The molecular formula is C18H15Cl3N4O3S. The Morgan fingerprint density at radius 2 is 1.76 bits per heavy atom. The number of hydrogen-bond donors (Lipinski definition) is 1. The van der Waals surface area contributed by atoms with Crippen molar-refractivity contribution in [2.24, 2.45) is 0 Å². The molecule has 0 saturated carbocycles. The van der Waals surface area contributed by atoms with Crippen LogP contribution < -0.4 is 10.2 Å². The molecule has 7 nitrogen and oxygen atoms in total. The van der Waals surface area contributed by atoms with E-state index in [1.807, 2.05) is 9.80 Å². The maximum Gasteiger partial charge on any atom is 0.294 e. The lowest BCUT2D eigenvalue weighted by atomic mass is 10.2. The van der Waals surface area contributed by atoms with Gasteiger partial charge >= 0.3 is 0 Å². The molecule has 0 bridgehead atoms. The first-order valence-electron chi connectivity index (χ1n) is 8.51. The number of anilines is 1. The van der Waals surface area contributed by atoms with E-state index in [4.69, 9.17) is 47.0 Å². The van der Waals surface area contributed by atoms with Crippen molar-refractivity contribution in [1.29, 1.82) is 0 Å². The number of hydrogen-bond acceptors (Lipinski definition) is 5. The van der Waals surface area contributed by atoms with Crippen LogP contribution in [-0.2, 0) is 0 Å². The number of halogens is 3. The average Bonchev–Trinajstić information content (AvgIpc) is 2.69. The normalized spacial score (nSPS) is 13.9. The van der Waals surface area contributed by atoms with Crippen LogP contribution in [0, 0.1) is 10.1 Å². The fraction of sp³-hybridized carbons (Fsp3) is 0.222. The summed E-state index contributed by atoms with van der Waals surface area (Å²) >= 11 is 23.5. The highest BCUT2D eigenvalue weighted by Crippen LogP contribution is 2.35. The van der Waals surface area contributed by atoms with Gasteiger partial charge in [0.2, 0.25) is 0 Å². The summed E-state index contributed by atoms with van der Waals surface area (Å²) in [6.45, 7) is 1.84. The molecule has 1 saturated heterocycles. The van der Waals surface area contributed by atoms with Crippen molar-refractivity contribution >= 4 is 69.4 Å². The van der Waals surface area contributed by atoms with E-state index >= 15 is 0 Å². The van der Waals surface area contributed by atoms with Crippen LogP contribution in [0.2, 0.25) is 15.1 Å². The third-order valence-electron chi connectivity index (χ3n) is 4.44. The van der Waals surface area contributed by atoms with Gasteiger partial charge in [0, 0.05) is 37.3 Å². The highest BCUT2D eigenvalue weighted by molar-refractivity contribution is 7.80. The second kappa shape index (κ2) is 9.13. The molecule has 0 aromatic heterocycles. The number of carbonyl (C=O) groups excluding carboxylic acids is 1. The smallest absolute Gasteiger partial charge is 0.294 e. The maximum absolute atomic E-state index is 12.4. The maximum atomic E-state index is 12.4. The number of nitro benzene ring substituents is 1. The van der Waals surface area contributed by atoms with Crippen LogP contribution in [0.5, 0.6) is 0 Å². The second-order valence-electron chi connectivity index (χ2n) is 6.22. The first kappa shape index (κ1) is 21.6. The van der Waals surface area contributed by atoms with Gasteiger partial charge in [-0.25, -0.2) is 0 Å². The van der Waals surface area contributed by atoms with Crippen LogP contribution in [0.15, 0.2) is 36.4 Å². The Labute approximate surface area is 187 Å². The highest BCUT2D eigenvalue weighted by atomic mass is 35.5. The second-order valence-corrected chi connectivity index (χ2v) is 7.86. The van der Waals surface area contributed by atoms with Gasteiger partial charge in [0.05, 0.1) is 20.5 Å². The number of amides is 1. The van der Waals surface area contributed by atoms with Crippen LogP contribution in [-0.4, -0.2) is 47.0 Å². The molecule has 0 radical (unpaired) electrons. The lowest BCUT2D eigenvalue weighted by Crippen LogP contribution is -2.52. The Kier molecular flexibility index (Phi) is 6.79. The Morgan fingerprint density at radius 1 is 1.07 bits per heavy atom. The van der Waals surface area contributed by atoms with Crippen LogP contribution >= 0.6 is 47.0 Å². The number of benzene rings is 2. The summed E-state index contributed by atoms with van der Waals surface area (Å²) in [7, 11) is 0. The third-order valence-corrected chi connectivity index (χ3v) is 5.67. The van der Waals surface area contributed by atoms with Gasteiger partial charge in [-0.1, -0.05) is 40.9 Å². The zero-order valence-electron chi connectivity index (χ0n) is 14.9. The molecule has 1 fully saturated rings. The molecule has 0 atom stereocenters. The lowest BCUT2D eigenvalue weighted by molar-refractivity contribution is -0.384. The van der Waals surface area contributed by atoms with Gasteiger partial charge in [0.1, 0.15) is 5.69 Å². The Morgan fingerprint density at radius 3 is 2.41 bits per heavy atom. The molecule has 1 amide bonds. The van der Waals surface area contributed by atoms with Crippen LogP contribution in [0.1, 0.15) is 10.4 Å². The molecule has 3 rings (SSSR count). The van der Waals surface area contributed by atoms with Gasteiger partial charge in [-0.2, -0.15) is 0 Å². The molecule has 0 spiro atoms. The number of rotatable bonds is 3. The topological polar surface area (TPSA) is 78.7 Å². The minimum Gasteiger partial charge on any atom is -0.361 e. The number of thiocarbonyl (C=S) groups is 1. The number of nitrogens with zero attached hydrogens (tertiary/aromatic N) is 3. The van der Waals surface area contributed by atoms with Gasteiger partial charge in [-0.15, -0.1) is 0 Å². The first-order chi connectivity index (χ1) is 13.8. The fourth-order valence-electron chi connectivity index (χ4n) is 3.01. The quantitative estimate of drug-likeness (QED) is 0.405. The minimum atomic E-state index is -0.452. The third kappa shape index (κ3) is 4.90. The van der Waals surface area contributed by atoms with Crippen molar-refractivity contribution in [3.05, 3.63) is 67.1 Å². The van der Waals surface area contributed by atoms with Crippen molar-refractivity contribution < 1.29 is 9.72 Å². The van der Waals surface area contributed by atoms with Crippen molar-refractivity contribution in [2.75, 3.05) is 31.1 Å². The predicted molar refractivity (Wildman–Crippen MR) is 118 cm³/mol. The predicted octanol–water partition coefficient (Wildman–Crippen LogP) is 4.39. The zero-order chi connectivity index (χ0) is 21.1. The van der Waals surface area contributed by atoms with Gasteiger partial charge < -0.3 is 9.80 Å². The Bertz CT molecular complexity index is 981. The Hall–Kier alpha value is -2.13. The van der Waals surface area contributed by atoms with Crippen molar-refractivity contribution in [3.8, 4) is 0 Å². The molecule has 2 aromatic rings. The van der Waals surface area contributed by atoms with Crippen LogP contribution in [0.25, 0.3) is 0 Å². The summed E-state index contributed by atoms with van der Waals surface area (Å²) in [5.41, 5.74) is 0.573. The van der Waals surface area contributed by atoms with Gasteiger partial charge in [0.15, 0.2) is 5.11 Å². The van der Waals surface area contributed by atoms with Crippen molar-refractivity contribution in [3.63, 3.8) is 0 Å². The zero-order valence-corrected chi connectivity index (χ0v) is 18.0. The number of nitrogens with one attached hydrogen (secondary N) is 1. The van der Waals surface area contributed by atoms with Gasteiger partial charge in [0.25, 0.3) is 11.6 Å². The molecular weight excluding hydrogens is 459 g/mol. The molecule has 11 heteroatoms. The van der Waals surface area contributed by atoms with E-state index in [9.17, 15) is 14.9 Å². The SMILES string of the molecule is O=C(NC(=S)N1CCN(c2c(Cl)cccc2[N+](=O)[O-])CC1)c1cc(Cl)ccc1Cl. The van der Waals surface area contributed by atoms with E-state index in [-0.39, 0.29) is 21.4 Å². The number of nitro groups is 1. The highest BCUT2D eigenvalue weighted by Gasteiger charge is 2.27. The Balaban J connectivity index is 1.65. The number of para-hydroxylation sites is 1. The number of piperazine rings is 1. The molecule has 152 valence electrons.